The number of benzene rings is 2. The zero-order chi connectivity index (χ0) is 20.0. The van der Waals surface area contributed by atoms with Crippen LogP contribution in [-0.4, -0.2) is 32.5 Å². The van der Waals surface area contributed by atoms with E-state index in [1.54, 1.807) is 0 Å². The van der Waals surface area contributed by atoms with Crippen LogP contribution >= 0.6 is 0 Å². The standard InChI is InChI=1S/C24H34O4/c1-4-21-11-13-23(14-12-21)28-19-22-9-5-6-10-24(22)27-18-8-16-25-15-7-17-26-20(2)3/h5-6,9-14,20H,4,7-8,15-19H2,1-3H3. The number of aryl methyl sites for hydroxylation is 1. The predicted molar refractivity (Wildman–Crippen MR) is 113 cm³/mol. The van der Waals surface area contributed by atoms with Crippen molar-refractivity contribution < 1.29 is 18.9 Å². The van der Waals surface area contributed by atoms with Gasteiger partial charge in [0.2, 0.25) is 0 Å². The summed E-state index contributed by atoms with van der Waals surface area (Å²) in [4.78, 5) is 0. The van der Waals surface area contributed by atoms with Gasteiger partial charge >= 0.3 is 0 Å². The molecule has 4 heteroatoms. The summed E-state index contributed by atoms with van der Waals surface area (Å²) >= 11 is 0. The van der Waals surface area contributed by atoms with Crippen LogP contribution in [0.25, 0.3) is 0 Å². The molecule has 0 spiro atoms. The highest BCUT2D eigenvalue weighted by atomic mass is 16.5. The Kier molecular flexibility index (Phi) is 10.5. The van der Waals surface area contributed by atoms with Crippen LogP contribution in [0, 0.1) is 0 Å². The summed E-state index contributed by atoms with van der Waals surface area (Å²) in [5.74, 6) is 1.75. The second-order valence-corrected chi connectivity index (χ2v) is 6.98. The molecular weight excluding hydrogens is 352 g/mol. The second kappa shape index (κ2) is 13.2. The maximum atomic E-state index is 5.94. The van der Waals surface area contributed by atoms with Gasteiger partial charge in [0.1, 0.15) is 18.1 Å². The number of rotatable bonds is 14. The molecule has 0 aromatic heterocycles. The molecule has 28 heavy (non-hydrogen) atoms. The quantitative estimate of drug-likeness (QED) is 0.406. The lowest BCUT2D eigenvalue weighted by Crippen LogP contribution is -2.09. The first-order valence-electron chi connectivity index (χ1n) is 10.3. The Bertz CT molecular complexity index is 652. The van der Waals surface area contributed by atoms with Crippen LogP contribution in [0.3, 0.4) is 0 Å². The summed E-state index contributed by atoms with van der Waals surface area (Å²) < 4.78 is 23.0. The molecule has 2 aromatic rings. The zero-order valence-corrected chi connectivity index (χ0v) is 17.5. The minimum Gasteiger partial charge on any atom is -0.493 e. The SMILES string of the molecule is CCc1ccc(OCc2ccccc2OCCCOCCCOC(C)C)cc1. The Hall–Kier alpha value is -2.04. The molecule has 0 aliphatic rings. The summed E-state index contributed by atoms with van der Waals surface area (Å²) in [6.07, 6.45) is 3.11. The smallest absolute Gasteiger partial charge is 0.125 e. The van der Waals surface area contributed by atoms with Crippen LogP contribution in [0.4, 0.5) is 0 Å². The molecule has 2 aromatic carbocycles. The van der Waals surface area contributed by atoms with E-state index in [9.17, 15) is 0 Å². The highest BCUT2D eigenvalue weighted by Gasteiger charge is 2.04. The van der Waals surface area contributed by atoms with E-state index in [0.717, 1.165) is 49.5 Å². The molecular formula is C24H34O4. The Balaban J connectivity index is 1.65. The zero-order valence-electron chi connectivity index (χ0n) is 17.5. The van der Waals surface area contributed by atoms with Crippen molar-refractivity contribution in [1.29, 1.82) is 0 Å². The van der Waals surface area contributed by atoms with Crippen molar-refractivity contribution in [2.45, 2.75) is 52.7 Å². The molecule has 0 aliphatic heterocycles. The summed E-state index contributed by atoms with van der Waals surface area (Å²) in [5, 5.41) is 0. The van der Waals surface area contributed by atoms with Crippen LogP contribution in [-0.2, 0) is 22.5 Å². The lowest BCUT2D eigenvalue weighted by Gasteiger charge is -2.13. The third-order valence-corrected chi connectivity index (χ3v) is 4.27. The van der Waals surface area contributed by atoms with Gasteiger partial charge in [0, 0.05) is 31.8 Å². The molecule has 0 amide bonds. The van der Waals surface area contributed by atoms with Crippen molar-refractivity contribution >= 4 is 0 Å². The Morgan fingerprint density at radius 1 is 0.786 bits per heavy atom. The van der Waals surface area contributed by atoms with Crippen LogP contribution in [0.1, 0.15) is 44.7 Å². The van der Waals surface area contributed by atoms with Gasteiger partial charge in [-0.3, -0.25) is 0 Å². The van der Waals surface area contributed by atoms with E-state index in [2.05, 4.69) is 19.1 Å². The topological polar surface area (TPSA) is 36.9 Å². The summed E-state index contributed by atoms with van der Waals surface area (Å²) in [6.45, 7) is 9.54. The Morgan fingerprint density at radius 3 is 2.21 bits per heavy atom. The average Bonchev–Trinajstić information content (AvgIpc) is 2.72. The van der Waals surface area contributed by atoms with Gasteiger partial charge in [0.25, 0.3) is 0 Å². The largest absolute Gasteiger partial charge is 0.493 e. The number of para-hydroxylation sites is 1. The number of hydrogen-bond acceptors (Lipinski definition) is 4. The lowest BCUT2D eigenvalue weighted by atomic mass is 10.2. The van der Waals surface area contributed by atoms with E-state index in [-0.39, 0.29) is 6.10 Å². The molecule has 0 radical (unpaired) electrons. The van der Waals surface area contributed by atoms with Crippen LogP contribution in [0.15, 0.2) is 48.5 Å². The van der Waals surface area contributed by atoms with Crippen molar-refractivity contribution in [1.82, 2.24) is 0 Å². The first-order chi connectivity index (χ1) is 13.7. The molecule has 2 rings (SSSR count). The number of hydrogen-bond donors (Lipinski definition) is 0. The first kappa shape index (κ1) is 22.3. The van der Waals surface area contributed by atoms with E-state index in [1.807, 2.05) is 50.2 Å². The molecule has 0 heterocycles. The van der Waals surface area contributed by atoms with Gasteiger partial charge in [-0.2, -0.15) is 0 Å². The van der Waals surface area contributed by atoms with E-state index in [0.29, 0.717) is 19.8 Å². The van der Waals surface area contributed by atoms with Crippen molar-refractivity contribution in [3.05, 3.63) is 59.7 Å². The minimum atomic E-state index is 0.285. The molecule has 0 saturated carbocycles. The molecule has 0 aliphatic carbocycles. The minimum absolute atomic E-state index is 0.285. The molecule has 0 bridgehead atoms. The summed E-state index contributed by atoms with van der Waals surface area (Å²) in [7, 11) is 0. The number of ether oxygens (including phenoxy) is 4. The fourth-order valence-corrected chi connectivity index (χ4v) is 2.67. The van der Waals surface area contributed by atoms with Crippen molar-refractivity contribution in [2.75, 3.05) is 26.4 Å². The van der Waals surface area contributed by atoms with E-state index in [4.69, 9.17) is 18.9 Å². The van der Waals surface area contributed by atoms with Gasteiger partial charge in [-0.05, 0) is 50.5 Å². The fraction of sp³-hybridized carbons (Fsp3) is 0.500. The fourth-order valence-electron chi connectivity index (χ4n) is 2.67. The first-order valence-corrected chi connectivity index (χ1v) is 10.3. The average molecular weight is 387 g/mol. The Morgan fingerprint density at radius 2 is 1.50 bits per heavy atom. The van der Waals surface area contributed by atoms with E-state index >= 15 is 0 Å². The van der Waals surface area contributed by atoms with Crippen LogP contribution in [0.2, 0.25) is 0 Å². The van der Waals surface area contributed by atoms with Crippen molar-refractivity contribution in [3.8, 4) is 11.5 Å². The van der Waals surface area contributed by atoms with Crippen LogP contribution < -0.4 is 9.47 Å². The van der Waals surface area contributed by atoms with Gasteiger partial charge in [-0.1, -0.05) is 37.3 Å². The van der Waals surface area contributed by atoms with Crippen molar-refractivity contribution in [3.63, 3.8) is 0 Å². The normalized spacial score (nSPS) is 11.0. The second-order valence-electron chi connectivity index (χ2n) is 6.98. The summed E-state index contributed by atoms with van der Waals surface area (Å²) in [5.41, 5.74) is 2.36. The monoisotopic (exact) mass is 386 g/mol. The molecule has 154 valence electrons. The predicted octanol–water partition coefficient (Wildman–Crippen LogP) is 5.43. The maximum Gasteiger partial charge on any atom is 0.125 e. The Labute approximate surface area is 169 Å². The van der Waals surface area contributed by atoms with Crippen LogP contribution in [0.5, 0.6) is 11.5 Å². The summed E-state index contributed by atoms with van der Waals surface area (Å²) in [6, 6.07) is 16.3. The lowest BCUT2D eigenvalue weighted by molar-refractivity contribution is 0.0491. The van der Waals surface area contributed by atoms with Gasteiger partial charge in [-0.25, -0.2) is 0 Å². The third-order valence-electron chi connectivity index (χ3n) is 4.27. The van der Waals surface area contributed by atoms with Gasteiger partial charge in [-0.15, -0.1) is 0 Å². The maximum absolute atomic E-state index is 5.94. The molecule has 0 saturated heterocycles. The molecule has 0 unspecified atom stereocenters. The van der Waals surface area contributed by atoms with Crippen molar-refractivity contribution in [2.24, 2.45) is 0 Å². The molecule has 0 N–H and O–H groups in total. The van der Waals surface area contributed by atoms with Gasteiger partial charge in [0.05, 0.1) is 12.7 Å². The third kappa shape index (κ3) is 8.77. The van der Waals surface area contributed by atoms with Gasteiger partial charge in [0.15, 0.2) is 0 Å². The highest BCUT2D eigenvalue weighted by molar-refractivity contribution is 5.34. The van der Waals surface area contributed by atoms with E-state index in [1.165, 1.54) is 5.56 Å². The van der Waals surface area contributed by atoms with Gasteiger partial charge < -0.3 is 18.9 Å². The molecule has 0 fully saturated rings. The molecule has 4 nitrogen and oxygen atoms in total. The highest BCUT2D eigenvalue weighted by Crippen LogP contribution is 2.21. The van der Waals surface area contributed by atoms with E-state index < -0.39 is 0 Å². The molecule has 0 atom stereocenters.